The summed E-state index contributed by atoms with van der Waals surface area (Å²) in [5.41, 5.74) is 2.59. The summed E-state index contributed by atoms with van der Waals surface area (Å²) in [6.45, 7) is 3.79. The van der Waals surface area contributed by atoms with Gasteiger partial charge in [0.2, 0.25) is 0 Å². The average Bonchev–Trinajstić information content (AvgIpc) is 3.51. The number of thiophene rings is 1. The maximum absolute atomic E-state index is 12.9. The Hall–Kier alpha value is -2.78. The van der Waals surface area contributed by atoms with E-state index >= 15 is 0 Å². The fourth-order valence-corrected chi connectivity index (χ4v) is 5.96. The van der Waals surface area contributed by atoms with Crippen LogP contribution in [0.3, 0.4) is 0 Å². The molecule has 2 bridgehead atoms. The summed E-state index contributed by atoms with van der Waals surface area (Å²) in [6.07, 6.45) is 3.93. The van der Waals surface area contributed by atoms with Gasteiger partial charge < -0.3 is 10.1 Å². The Morgan fingerprint density at radius 1 is 1.32 bits per heavy atom. The van der Waals surface area contributed by atoms with Gasteiger partial charge in [-0.15, -0.1) is 11.3 Å². The number of esters is 1. The molecule has 1 aliphatic carbocycles. The lowest BCUT2D eigenvalue weighted by atomic mass is 10.1. The van der Waals surface area contributed by atoms with E-state index in [9.17, 15) is 9.59 Å². The molecular weight excluding hydrogens is 414 g/mol. The fraction of sp³-hybridized carbons (Fsp3) is 0.455. The first-order chi connectivity index (χ1) is 14.9. The van der Waals surface area contributed by atoms with Crippen LogP contribution < -0.4 is 5.32 Å². The van der Waals surface area contributed by atoms with Gasteiger partial charge in [-0.1, -0.05) is 0 Å². The second-order valence-electron chi connectivity index (χ2n) is 8.46. The minimum absolute atomic E-state index is 0.329. The molecule has 0 spiro atoms. The minimum atomic E-state index is -0.488. The zero-order chi connectivity index (χ0) is 21.7. The lowest BCUT2D eigenvalue weighted by Gasteiger charge is -2.26. The molecule has 9 heteroatoms. The van der Waals surface area contributed by atoms with Crippen LogP contribution in [0, 0.1) is 12.8 Å². The maximum Gasteiger partial charge on any atom is 0.350 e. The van der Waals surface area contributed by atoms with Gasteiger partial charge in [-0.05, 0) is 50.3 Å². The standard InChI is InChI=1S/C22H25N5O3S/c1-12-8-17(26(2)25-12)20(28)24-18-16-7-5-14(11-27-10-13-4-6-15(27)9-13)23-21(16)31-19(18)22(29)30-3/h5,7-8,13,15H,4,6,9-11H2,1-3H3,(H,24,28). The molecule has 2 fully saturated rings. The number of methoxy groups -OCH3 is 1. The molecule has 1 saturated heterocycles. The molecule has 2 atom stereocenters. The Morgan fingerprint density at radius 2 is 2.16 bits per heavy atom. The van der Waals surface area contributed by atoms with Gasteiger partial charge in [0.05, 0.1) is 24.2 Å². The summed E-state index contributed by atoms with van der Waals surface area (Å²) < 4.78 is 6.48. The van der Waals surface area contributed by atoms with Crippen LogP contribution in [-0.2, 0) is 18.3 Å². The number of fused-ring (bicyclic) bond motifs is 3. The summed E-state index contributed by atoms with van der Waals surface area (Å²) in [7, 11) is 3.05. The lowest BCUT2D eigenvalue weighted by Crippen LogP contribution is -2.31. The van der Waals surface area contributed by atoms with Gasteiger partial charge in [-0.2, -0.15) is 5.10 Å². The molecule has 1 amide bonds. The normalized spacial score (nSPS) is 20.5. The van der Waals surface area contributed by atoms with Crippen LogP contribution in [-0.4, -0.2) is 51.2 Å². The van der Waals surface area contributed by atoms with Gasteiger partial charge in [-0.25, -0.2) is 9.78 Å². The lowest BCUT2D eigenvalue weighted by molar-refractivity contribution is 0.0607. The topological polar surface area (TPSA) is 89.3 Å². The Balaban J connectivity index is 1.46. The van der Waals surface area contributed by atoms with Crippen LogP contribution in [0.1, 0.15) is 50.8 Å². The largest absolute Gasteiger partial charge is 0.465 e. The number of amides is 1. The summed E-state index contributed by atoms with van der Waals surface area (Å²) in [6, 6.07) is 6.32. The van der Waals surface area contributed by atoms with E-state index in [1.807, 2.05) is 19.1 Å². The van der Waals surface area contributed by atoms with Crippen LogP contribution in [0.2, 0.25) is 0 Å². The van der Waals surface area contributed by atoms with Crippen molar-refractivity contribution in [3.63, 3.8) is 0 Å². The molecule has 3 aromatic rings. The fourth-order valence-electron chi connectivity index (χ4n) is 4.89. The van der Waals surface area contributed by atoms with Crippen LogP contribution in [0.25, 0.3) is 10.2 Å². The molecule has 1 N–H and O–H groups in total. The summed E-state index contributed by atoms with van der Waals surface area (Å²) in [4.78, 5) is 33.7. The highest BCUT2D eigenvalue weighted by molar-refractivity contribution is 7.21. The highest BCUT2D eigenvalue weighted by atomic mass is 32.1. The number of rotatable bonds is 5. The molecule has 162 valence electrons. The van der Waals surface area contributed by atoms with E-state index in [0.717, 1.165) is 40.6 Å². The van der Waals surface area contributed by atoms with Crippen LogP contribution >= 0.6 is 11.3 Å². The first-order valence-corrected chi connectivity index (χ1v) is 11.3. The molecule has 0 radical (unpaired) electrons. The molecule has 1 aliphatic heterocycles. The summed E-state index contributed by atoms with van der Waals surface area (Å²) in [5.74, 6) is 0.0156. The number of hydrogen-bond donors (Lipinski definition) is 1. The van der Waals surface area contributed by atoms with E-state index in [1.165, 1.54) is 42.4 Å². The number of nitrogens with one attached hydrogen (secondary N) is 1. The van der Waals surface area contributed by atoms with Crippen LogP contribution in [0.4, 0.5) is 5.69 Å². The maximum atomic E-state index is 12.9. The van der Waals surface area contributed by atoms with Gasteiger partial charge >= 0.3 is 5.97 Å². The van der Waals surface area contributed by atoms with Crippen molar-refractivity contribution in [2.45, 2.75) is 38.8 Å². The Labute approximate surface area is 184 Å². The number of ether oxygens (including phenoxy) is 1. The van der Waals surface area contributed by atoms with Gasteiger partial charge in [0.25, 0.3) is 5.91 Å². The number of aryl methyl sites for hydroxylation is 2. The summed E-state index contributed by atoms with van der Waals surface area (Å²) in [5, 5.41) is 7.86. The Bertz CT molecular complexity index is 1180. The summed E-state index contributed by atoms with van der Waals surface area (Å²) >= 11 is 1.25. The predicted octanol–water partition coefficient (Wildman–Crippen LogP) is 3.36. The molecule has 0 aromatic carbocycles. The van der Waals surface area contributed by atoms with E-state index in [-0.39, 0.29) is 5.91 Å². The third kappa shape index (κ3) is 3.61. The van der Waals surface area contributed by atoms with E-state index in [0.29, 0.717) is 22.3 Å². The molecule has 2 aliphatic rings. The third-order valence-electron chi connectivity index (χ3n) is 6.34. The van der Waals surface area contributed by atoms with Crippen molar-refractivity contribution >= 4 is 39.1 Å². The van der Waals surface area contributed by atoms with Crippen molar-refractivity contribution in [3.05, 3.63) is 40.2 Å². The number of nitrogens with zero attached hydrogens (tertiary/aromatic N) is 4. The van der Waals surface area contributed by atoms with Gasteiger partial charge in [0.1, 0.15) is 15.4 Å². The SMILES string of the molecule is COC(=O)c1sc2nc(CN3CC4CCC3C4)ccc2c1NC(=O)c1cc(C)nn1C. The number of carbonyl (C=O) groups excluding carboxylic acids is 2. The van der Waals surface area contributed by atoms with E-state index in [2.05, 4.69) is 15.3 Å². The van der Waals surface area contributed by atoms with Crippen molar-refractivity contribution in [2.75, 3.05) is 19.0 Å². The molecule has 5 rings (SSSR count). The average molecular weight is 440 g/mol. The number of piperidine rings is 1. The monoisotopic (exact) mass is 439 g/mol. The van der Waals surface area contributed by atoms with E-state index in [1.54, 1.807) is 13.1 Å². The quantitative estimate of drug-likeness (QED) is 0.613. The number of aromatic nitrogens is 3. The zero-order valence-corrected chi connectivity index (χ0v) is 18.7. The second kappa shape index (κ2) is 7.72. The van der Waals surface area contributed by atoms with Gasteiger partial charge in [-0.3, -0.25) is 14.4 Å². The molecular formula is C22H25N5O3S. The molecule has 8 nitrogen and oxygen atoms in total. The predicted molar refractivity (Wildman–Crippen MR) is 118 cm³/mol. The molecule has 3 aromatic heterocycles. The molecule has 4 heterocycles. The first-order valence-electron chi connectivity index (χ1n) is 10.5. The third-order valence-corrected chi connectivity index (χ3v) is 7.42. The number of carbonyl (C=O) groups is 2. The van der Waals surface area contributed by atoms with Gasteiger partial charge in [0.15, 0.2) is 0 Å². The van der Waals surface area contributed by atoms with Crippen LogP contribution in [0.15, 0.2) is 18.2 Å². The highest BCUT2D eigenvalue weighted by Crippen LogP contribution is 2.39. The van der Waals surface area contributed by atoms with Crippen molar-refractivity contribution in [1.29, 1.82) is 0 Å². The molecule has 31 heavy (non-hydrogen) atoms. The Morgan fingerprint density at radius 3 is 2.81 bits per heavy atom. The van der Waals surface area contributed by atoms with Crippen molar-refractivity contribution in [2.24, 2.45) is 13.0 Å². The van der Waals surface area contributed by atoms with E-state index < -0.39 is 5.97 Å². The highest BCUT2D eigenvalue weighted by Gasteiger charge is 2.37. The smallest absolute Gasteiger partial charge is 0.350 e. The molecule has 2 unspecified atom stereocenters. The number of likely N-dealkylation sites (tertiary alicyclic amines) is 1. The zero-order valence-electron chi connectivity index (χ0n) is 17.8. The number of hydrogen-bond acceptors (Lipinski definition) is 7. The second-order valence-corrected chi connectivity index (χ2v) is 9.46. The number of pyridine rings is 1. The van der Waals surface area contributed by atoms with Crippen molar-refractivity contribution in [1.82, 2.24) is 19.7 Å². The first kappa shape index (κ1) is 20.1. The number of anilines is 1. The van der Waals surface area contributed by atoms with Crippen LogP contribution in [0.5, 0.6) is 0 Å². The molecule has 1 saturated carbocycles. The van der Waals surface area contributed by atoms with Crippen molar-refractivity contribution < 1.29 is 14.3 Å². The Kier molecular flexibility index (Phi) is 5.02. The van der Waals surface area contributed by atoms with Gasteiger partial charge in [0, 0.05) is 31.6 Å². The minimum Gasteiger partial charge on any atom is -0.465 e. The van der Waals surface area contributed by atoms with E-state index in [4.69, 9.17) is 9.72 Å². The van der Waals surface area contributed by atoms with Crippen molar-refractivity contribution in [3.8, 4) is 0 Å².